The van der Waals surface area contributed by atoms with Gasteiger partial charge in [0.15, 0.2) is 16.7 Å². The molecule has 0 saturated carbocycles. The molecule has 0 unspecified atom stereocenters. The van der Waals surface area contributed by atoms with E-state index in [9.17, 15) is 9.59 Å². The predicted molar refractivity (Wildman–Crippen MR) is 156 cm³/mol. The summed E-state index contributed by atoms with van der Waals surface area (Å²) in [5, 5.41) is 3.25. The fraction of sp³-hybridized carbons (Fsp3) is 0.276. The zero-order valence-electron chi connectivity index (χ0n) is 22.2. The molecule has 1 atom stereocenters. The zero-order chi connectivity index (χ0) is 27.9. The van der Waals surface area contributed by atoms with Crippen LogP contribution in [0.2, 0.25) is 5.02 Å². The molecule has 0 bridgehead atoms. The summed E-state index contributed by atoms with van der Waals surface area (Å²) < 4.78 is 16.0. The molecule has 3 aromatic rings. The van der Waals surface area contributed by atoms with Crippen LogP contribution in [0.5, 0.6) is 17.2 Å². The number of carbonyl (C=O) groups is 2. The van der Waals surface area contributed by atoms with Crippen LogP contribution in [0.3, 0.4) is 0 Å². The molecule has 0 aromatic heterocycles. The van der Waals surface area contributed by atoms with E-state index >= 15 is 0 Å². The van der Waals surface area contributed by atoms with Crippen LogP contribution in [0.4, 0.5) is 11.4 Å². The smallest absolute Gasteiger partial charge is 0.238 e. The van der Waals surface area contributed by atoms with Crippen molar-refractivity contribution in [2.45, 2.75) is 25.0 Å². The second kappa shape index (κ2) is 12.9. The van der Waals surface area contributed by atoms with Gasteiger partial charge in [-0.25, -0.2) is 4.99 Å². The number of hydrogen-bond acceptors (Lipinski definition) is 7. The van der Waals surface area contributed by atoms with Gasteiger partial charge >= 0.3 is 0 Å². The monoisotopic (exact) mass is 567 g/mol. The molecule has 4 rings (SSSR count). The minimum absolute atomic E-state index is 0.0453. The Balaban J connectivity index is 1.56. The van der Waals surface area contributed by atoms with Gasteiger partial charge in [-0.15, -0.1) is 0 Å². The van der Waals surface area contributed by atoms with Crippen LogP contribution in [-0.2, 0) is 16.0 Å². The molecular formula is C29H30ClN3O5S. The van der Waals surface area contributed by atoms with E-state index in [0.717, 1.165) is 11.1 Å². The Kier molecular flexibility index (Phi) is 9.37. The van der Waals surface area contributed by atoms with E-state index in [4.69, 9.17) is 30.8 Å². The topological polar surface area (TPSA) is 89.5 Å². The van der Waals surface area contributed by atoms with Crippen LogP contribution < -0.4 is 19.5 Å². The minimum Gasteiger partial charge on any atom is -0.497 e. The van der Waals surface area contributed by atoms with Gasteiger partial charge in [0.25, 0.3) is 0 Å². The number of ether oxygens (including phenoxy) is 3. The normalized spacial score (nSPS) is 16.2. The number of carbonyl (C=O) groups excluding carboxylic acids is 2. The fourth-order valence-corrected chi connectivity index (χ4v) is 5.30. The standard InChI is InChI=1S/C29H30ClN3O5S/c1-18-5-7-21(16-23(18)30)31-28(35)26-17-27(34)33(14-13-19-6-12-24(37-3)25(15-19)38-4)29(39-26)32-20-8-10-22(36-2)11-9-20/h5-12,15-16,26H,13-14,17H2,1-4H3,(H,31,35)/t26-/m0/s1. The number of thioether (sulfide) groups is 1. The summed E-state index contributed by atoms with van der Waals surface area (Å²) in [5.74, 6) is 1.50. The predicted octanol–water partition coefficient (Wildman–Crippen LogP) is 5.88. The van der Waals surface area contributed by atoms with Crippen LogP contribution >= 0.6 is 23.4 Å². The van der Waals surface area contributed by atoms with Gasteiger partial charge in [-0.3, -0.25) is 14.5 Å². The highest BCUT2D eigenvalue weighted by Crippen LogP contribution is 2.32. The Morgan fingerprint density at radius 2 is 1.77 bits per heavy atom. The second-order valence-electron chi connectivity index (χ2n) is 8.84. The highest BCUT2D eigenvalue weighted by molar-refractivity contribution is 8.15. The van der Waals surface area contributed by atoms with Gasteiger partial charge in [-0.1, -0.05) is 35.5 Å². The summed E-state index contributed by atoms with van der Waals surface area (Å²) in [6.07, 6.45) is 0.608. The van der Waals surface area contributed by atoms with Gasteiger partial charge < -0.3 is 19.5 Å². The quantitative estimate of drug-likeness (QED) is 0.347. The van der Waals surface area contributed by atoms with Crippen molar-refractivity contribution in [3.05, 3.63) is 76.8 Å². The Bertz CT molecular complexity index is 1380. The number of nitrogens with zero attached hydrogens (tertiary/aromatic N) is 2. The molecule has 204 valence electrons. The van der Waals surface area contributed by atoms with Crippen LogP contribution in [0.25, 0.3) is 0 Å². The molecule has 1 aliphatic rings. The lowest BCUT2D eigenvalue weighted by molar-refractivity contribution is -0.129. The number of anilines is 1. The maximum Gasteiger partial charge on any atom is 0.238 e. The summed E-state index contributed by atoms with van der Waals surface area (Å²) >= 11 is 7.49. The molecule has 1 saturated heterocycles. The lowest BCUT2D eigenvalue weighted by Crippen LogP contribution is -2.46. The number of amidine groups is 1. The van der Waals surface area contributed by atoms with E-state index in [2.05, 4.69) is 5.32 Å². The van der Waals surface area contributed by atoms with Crippen LogP contribution in [0, 0.1) is 6.92 Å². The van der Waals surface area contributed by atoms with Crippen molar-refractivity contribution in [2.24, 2.45) is 4.99 Å². The van der Waals surface area contributed by atoms with Gasteiger partial charge in [0, 0.05) is 23.7 Å². The first-order valence-corrected chi connectivity index (χ1v) is 13.5. The number of amides is 2. The number of hydrogen-bond donors (Lipinski definition) is 1. The number of methoxy groups -OCH3 is 3. The van der Waals surface area contributed by atoms with Crippen molar-refractivity contribution >= 4 is 51.7 Å². The van der Waals surface area contributed by atoms with Gasteiger partial charge in [0.05, 0.1) is 27.0 Å². The Morgan fingerprint density at radius 1 is 1.03 bits per heavy atom. The molecule has 2 amide bonds. The van der Waals surface area contributed by atoms with Gasteiger partial charge in [-0.05, 0) is 73.0 Å². The molecule has 10 heteroatoms. The molecule has 39 heavy (non-hydrogen) atoms. The van der Waals surface area contributed by atoms with E-state index in [0.29, 0.717) is 51.8 Å². The molecule has 1 heterocycles. The van der Waals surface area contributed by atoms with Crippen LogP contribution in [0.1, 0.15) is 17.5 Å². The number of halogens is 1. The highest BCUT2D eigenvalue weighted by atomic mass is 35.5. The first-order chi connectivity index (χ1) is 18.8. The zero-order valence-corrected chi connectivity index (χ0v) is 23.8. The SMILES string of the molecule is COc1ccc(N=C2S[C@H](C(=O)Nc3ccc(C)c(Cl)c3)CC(=O)N2CCc2ccc(OC)c(OC)c2)cc1. The molecule has 1 fully saturated rings. The van der Waals surface area contributed by atoms with Crippen LogP contribution in [-0.4, -0.2) is 55.0 Å². The van der Waals surface area contributed by atoms with E-state index < -0.39 is 5.25 Å². The maximum atomic E-state index is 13.4. The molecular weight excluding hydrogens is 538 g/mol. The third-order valence-electron chi connectivity index (χ3n) is 6.24. The van der Waals surface area contributed by atoms with Gasteiger partial charge in [0.2, 0.25) is 11.8 Å². The summed E-state index contributed by atoms with van der Waals surface area (Å²) in [4.78, 5) is 32.9. The van der Waals surface area contributed by atoms with Gasteiger partial charge in [-0.2, -0.15) is 0 Å². The molecule has 0 aliphatic carbocycles. The highest BCUT2D eigenvalue weighted by Gasteiger charge is 2.36. The summed E-state index contributed by atoms with van der Waals surface area (Å²) in [7, 11) is 4.77. The first-order valence-electron chi connectivity index (χ1n) is 12.3. The molecule has 1 N–H and O–H groups in total. The number of aryl methyl sites for hydroxylation is 1. The number of benzene rings is 3. The Hall–Kier alpha value is -3.69. The van der Waals surface area contributed by atoms with Crippen molar-refractivity contribution in [3.63, 3.8) is 0 Å². The van der Waals surface area contributed by atoms with E-state index in [1.807, 2.05) is 31.2 Å². The van der Waals surface area contributed by atoms with Crippen molar-refractivity contribution in [3.8, 4) is 17.2 Å². The summed E-state index contributed by atoms with van der Waals surface area (Å²) in [6, 6.07) is 18.2. The second-order valence-corrected chi connectivity index (χ2v) is 10.4. The lowest BCUT2D eigenvalue weighted by Gasteiger charge is -2.32. The maximum absolute atomic E-state index is 13.4. The number of rotatable bonds is 9. The minimum atomic E-state index is -0.646. The molecule has 0 radical (unpaired) electrons. The van der Waals surface area contributed by atoms with Crippen molar-refractivity contribution in [1.29, 1.82) is 0 Å². The van der Waals surface area contributed by atoms with Crippen molar-refractivity contribution in [2.75, 3.05) is 33.2 Å². The first kappa shape index (κ1) is 28.3. The molecule has 1 aliphatic heterocycles. The Labute approximate surface area is 237 Å². The third kappa shape index (κ3) is 7.04. The summed E-state index contributed by atoms with van der Waals surface area (Å²) in [6.45, 7) is 2.28. The van der Waals surface area contributed by atoms with Crippen molar-refractivity contribution in [1.82, 2.24) is 4.90 Å². The van der Waals surface area contributed by atoms with Gasteiger partial charge in [0.1, 0.15) is 11.0 Å². The van der Waals surface area contributed by atoms with Crippen molar-refractivity contribution < 1.29 is 23.8 Å². The number of aliphatic imine (C=N–C) groups is 1. The van der Waals surface area contributed by atoms with E-state index in [-0.39, 0.29) is 18.2 Å². The molecule has 3 aromatic carbocycles. The van der Waals surface area contributed by atoms with E-state index in [1.54, 1.807) is 62.6 Å². The van der Waals surface area contributed by atoms with E-state index in [1.165, 1.54) is 11.8 Å². The third-order valence-corrected chi connectivity index (χ3v) is 7.84. The largest absolute Gasteiger partial charge is 0.497 e. The summed E-state index contributed by atoms with van der Waals surface area (Å²) in [5.41, 5.74) is 3.11. The average Bonchev–Trinajstić information content (AvgIpc) is 2.94. The lowest BCUT2D eigenvalue weighted by atomic mass is 10.1. The Morgan fingerprint density at radius 3 is 2.44 bits per heavy atom. The average molecular weight is 568 g/mol. The molecule has 8 nitrogen and oxygen atoms in total. The van der Waals surface area contributed by atoms with Crippen LogP contribution in [0.15, 0.2) is 65.7 Å². The fourth-order valence-electron chi connectivity index (χ4n) is 4.00. The number of nitrogens with one attached hydrogen (secondary N) is 1. The molecule has 0 spiro atoms.